The van der Waals surface area contributed by atoms with E-state index >= 15 is 0 Å². The van der Waals surface area contributed by atoms with Crippen LogP contribution in [-0.2, 0) is 9.59 Å². The predicted octanol–water partition coefficient (Wildman–Crippen LogP) is 5.52. The molecule has 3 nitrogen and oxygen atoms in total. The smallest absolute Gasteiger partial charge is 0.268 e. The molecule has 0 aromatic heterocycles. The Morgan fingerprint density at radius 3 is 2.31 bits per heavy atom. The molecule has 26 heavy (non-hydrogen) atoms. The monoisotopic (exact) mass is 405 g/mol. The Balaban J connectivity index is 2.11. The van der Waals surface area contributed by atoms with E-state index in [-0.39, 0.29) is 17.7 Å². The minimum Gasteiger partial charge on any atom is -0.274 e. The maximum absolute atomic E-state index is 13.0. The van der Waals surface area contributed by atoms with Crippen LogP contribution in [0.15, 0.2) is 58.3 Å². The average Bonchev–Trinajstić information content (AvgIpc) is 2.80. The van der Waals surface area contributed by atoms with Gasteiger partial charge in [-0.1, -0.05) is 73.1 Å². The second kappa shape index (κ2) is 7.87. The normalized spacial score (nSPS) is 14.7. The van der Waals surface area contributed by atoms with Gasteiger partial charge in [-0.3, -0.25) is 14.5 Å². The molecule has 0 saturated carbocycles. The maximum atomic E-state index is 13.0. The summed E-state index contributed by atoms with van der Waals surface area (Å²) in [5, 5.41) is 0.832. The quantitative estimate of drug-likeness (QED) is 0.614. The molecule has 0 bridgehead atoms. The van der Waals surface area contributed by atoms with Crippen LogP contribution in [0.3, 0.4) is 0 Å². The highest BCUT2D eigenvalue weighted by Crippen LogP contribution is 2.42. The van der Waals surface area contributed by atoms with Crippen LogP contribution >= 0.6 is 35.0 Å². The number of hydrogen-bond acceptors (Lipinski definition) is 3. The number of carbonyl (C=O) groups is 2. The molecule has 1 heterocycles. The maximum Gasteiger partial charge on any atom is 0.268 e. The molecule has 2 aromatic carbocycles. The SMILES string of the molecule is CC(C)CN1C(=O)C(Sc2ccccc2)=C(c2ccc(Cl)cc2Cl)C1=O. The van der Waals surface area contributed by atoms with Crippen LogP contribution < -0.4 is 0 Å². The lowest BCUT2D eigenvalue weighted by atomic mass is 10.1. The first-order valence-electron chi connectivity index (χ1n) is 8.17. The summed E-state index contributed by atoms with van der Waals surface area (Å²) in [6, 6.07) is 14.4. The van der Waals surface area contributed by atoms with Gasteiger partial charge in [-0.15, -0.1) is 0 Å². The van der Waals surface area contributed by atoms with E-state index in [1.54, 1.807) is 18.2 Å². The fraction of sp³-hybridized carbons (Fsp3) is 0.200. The van der Waals surface area contributed by atoms with Gasteiger partial charge in [0.1, 0.15) is 0 Å². The van der Waals surface area contributed by atoms with Gasteiger partial charge in [-0.05, 0) is 30.2 Å². The number of amides is 2. The highest BCUT2D eigenvalue weighted by Gasteiger charge is 2.40. The fourth-order valence-electron chi connectivity index (χ4n) is 2.72. The molecule has 2 aromatic rings. The van der Waals surface area contributed by atoms with Crippen LogP contribution in [0.4, 0.5) is 0 Å². The van der Waals surface area contributed by atoms with Crippen molar-refractivity contribution in [2.45, 2.75) is 18.7 Å². The predicted molar refractivity (Wildman–Crippen MR) is 107 cm³/mol. The molecule has 0 N–H and O–H groups in total. The Hall–Kier alpha value is -1.75. The van der Waals surface area contributed by atoms with Gasteiger partial charge in [0.05, 0.1) is 15.5 Å². The standard InChI is InChI=1S/C20H17Cl2NO2S/c1-12(2)11-23-19(24)17(15-9-8-13(21)10-16(15)22)18(20(23)25)26-14-6-4-3-5-7-14/h3-10,12H,11H2,1-2H3. The second-order valence-corrected chi connectivity index (χ2v) is 8.29. The molecule has 0 atom stereocenters. The van der Waals surface area contributed by atoms with E-state index in [0.29, 0.717) is 32.6 Å². The third-order valence-electron chi connectivity index (χ3n) is 3.84. The van der Waals surface area contributed by atoms with Gasteiger partial charge in [0.15, 0.2) is 0 Å². The average molecular weight is 406 g/mol. The first-order chi connectivity index (χ1) is 12.4. The summed E-state index contributed by atoms with van der Waals surface area (Å²) < 4.78 is 0. The summed E-state index contributed by atoms with van der Waals surface area (Å²) >= 11 is 13.6. The summed E-state index contributed by atoms with van der Waals surface area (Å²) in [4.78, 5) is 28.6. The van der Waals surface area contributed by atoms with Crippen molar-refractivity contribution in [1.82, 2.24) is 4.90 Å². The summed E-state index contributed by atoms with van der Waals surface area (Å²) in [5.74, 6) is -0.421. The van der Waals surface area contributed by atoms with Crippen molar-refractivity contribution in [2.75, 3.05) is 6.54 Å². The Morgan fingerprint density at radius 1 is 1.00 bits per heavy atom. The van der Waals surface area contributed by atoms with Crippen LogP contribution in [-0.4, -0.2) is 23.3 Å². The number of thioether (sulfide) groups is 1. The van der Waals surface area contributed by atoms with Crippen LogP contribution in [0.5, 0.6) is 0 Å². The summed E-state index contributed by atoms with van der Waals surface area (Å²) in [6.45, 7) is 4.31. The number of rotatable bonds is 5. The zero-order chi connectivity index (χ0) is 18.8. The second-order valence-electron chi connectivity index (χ2n) is 6.36. The molecular formula is C20H17Cl2NO2S. The molecule has 0 fully saturated rings. The minimum absolute atomic E-state index is 0.172. The molecule has 134 valence electrons. The summed E-state index contributed by atoms with van der Waals surface area (Å²) in [5.41, 5.74) is 0.866. The molecular weight excluding hydrogens is 389 g/mol. The molecule has 2 amide bonds. The third kappa shape index (κ3) is 3.83. The van der Waals surface area contributed by atoms with Crippen molar-refractivity contribution in [3.05, 3.63) is 69.0 Å². The summed E-state index contributed by atoms with van der Waals surface area (Å²) in [6.07, 6.45) is 0. The molecule has 0 spiro atoms. The molecule has 6 heteroatoms. The van der Waals surface area contributed by atoms with Gasteiger partial charge >= 0.3 is 0 Å². The van der Waals surface area contributed by atoms with Gasteiger partial charge in [0, 0.05) is 22.0 Å². The Morgan fingerprint density at radius 2 is 1.69 bits per heavy atom. The van der Waals surface area contributed by atoms with Crippen LogP contribution in [0, 0.1) is 5.92 Å². The summed E-state index contributed by atoms with van der Waals surface area (Å²) in [7, 11) is 0. The Labute approximate surface area is 167 Å². The van der Waals surface area contributed by atoms with Crippen LogP contribution in [0.1, 0.15) is 19.4 Å². The number of carbonyl (C=O) groups excluding carboxylic acids is 2. The van der Waals surface area contributed by atoms with Crippen molar-refractivity contribution in [2.24, 2.45) is 5.92 Å². The van der Waals surface area contributed by atoms with Gasteiger partial charge in [0.2, 0.25) is 0 Å². The Kier molecular flexibility index (Phi) is 5.76. The van der Waals surface area contributed by atoms with Crippen LogP contribution in [0.2, 0.25) is 10.0 Å². The van der Waals surface area contributed by atoms with E-state index in [9.17, 15) is 9.59 Å². The van der Waals surface area contributed by atoms with E-state index < -0.39 is 0 Å². The topological polar surface area (TPSA) is 37.4 Å². The van der Waals surface area contributed by atoms with Crippen molar-refractivity contribution in [3.8, 4) is 0 Å². The van der Waals surface area contributed by atoms with Crippen LogP contribution in [0.25, 0.3) is 5.57 Å². The third-order valence-corrected chi connectivity index (χ3v) is 5.48. The van der Waals surface area contributed by atoms with Gasteiger partial charge < -0.3 is 0 Å². The van der Waals surface area contributed by atoms with Crippen molar-refractivity contribution in [1.29, 1.82) is 0 Å². The first kappa shape index (κ1) is 19.0. The first-order valence-corrected chi connectivity index (χ1v) is 9.74. The van der Waals surface area contributed by atoms with Gasteiger partial charge in [0.25, 0.3) is 11.8 Å². The van der Waals surface area contributed by atoms with Gasteiger partial charge in [-0.2, -0.15) is 0 Å². The number of benzene rings is 2. The van der Waals surface area contributed by atoms with E-state index in [1.165, 1.54) is 16.7 Å². The van der Waals surface area contributed by atoms with E-state index in [1.807, 2.05) is 44.2 Å². The molecule has 1 aliphatic rings. The number of imide groups is 1. The molecule has 1 aliphatic heterocycles. The largest absolute Gasteiger partial charge is 0.274 e. The highest BCUT2D eigenvalue weighted by atomic mass is 35.5. The zero-order valence-corrected chi connectivity index (χ0v) is 16.7. The molecule has 0 radical (unpaired) electrons. The van der Waals surface area contributed by atoms with E-state index in [0.717, 1.165) is 4.90 Å². The molecule has 3 rings (SSSR count). The van der Waals surface area contributed by atoms with Crippen molar-refractivity contribution >= 4 is 52.4 Å². The molecule has 0 aliphatic carbocycles. The number of halogens is 2. The van der Waals surface area contributed by atoms with Crippen molar-refractivity contribution < 1.29 is 9.59 Å². The highest BCUT2D eigenvalue weighted by molar-refractivity contribution is 8.04. The number of nitrogens with zero attached hydrogens (tertiary/aromatic N) is 1. The lowest BCUT2D eigenvalue weighted by Crippen LogP contribution is -2.34. The Bertz CT molecular complexity index is 894. The lowest BCUT2D eigenvalue weighted by Gasteiger charge is -2.17. The number of hydrogen-bond donors (Lipinski definition) is 0. The van der Waals surface area contributed by atoms with E-state index in [4.69, 9.17) is 23.2 Å². The minimum atomic E-state index is -0.314. The molecule has 0 saturated heterocycles. The van der Waals surface area contributed by atoms with Gasteiger partial charge in [-0.25, -0.2) is 0 Å². The zero-order valence-electron chi connectivity index (χ0n) is 14.3. The van der Waals surface area contributed by atoms with Crippen molar-refractivity contribution in [3.63, 3.8) is 0 Å². The molecule has 0 unspecified atom stereocenters. The van der Waals surface area contributed by atoms with E-state index in [2.05, 4.69) is 0 Å². The lowest BCUT2D eigenvalue weighted by molar-refractivity contribution is -0.137. The fourth-order valence-corrected chi connectivity index (χ4v) is 4.24.